The van der Waals surface area contributed by atoms with Gasteiger partial charge >= 0.3 is 0 Å². The molecule has 0 aliphatic rings. The smallest absolute Gasteiger partial charge is 0.271 e. The Labute approximate surface area is 95.3 Å². The first-order valence-electron chi connectivity index (χ1n) is 4.90. The van der Waals surface area contributed by atoms with Crippen LogP contribution in [0.15, 0.2) is 40.8 Å². The molecule has 17 heavy (non-hydrogen) atoms. The third-order valence-corrected chi connectivity index (χ3v) is 2.29. The van der Waals surface area contributed by atoms with Gasteiger partial charge in [0.25, 0.3) is 6.43 Å². The van der Waals surface area contributed by atoms with Gasteiger partial charge in [0.15, 0.2) is 6.10 Å². The Hall–Kier alpha value is -1.75. The first kappa shape index (κ1) is 11.7. The molecule has 1 N–H and O–H groups in total. The maximum atomic E-state index is 12.7. The quantitative estimate of drug-likeness (QED) is 0.895. The van der Waals surface area contributed by atoms with Gasteiger partial charge in [0.05, 0.1) is 0 Å². The molecule has 0 aliphatic heterocycles. The van der Waals surface area contributed by atoms with E-state index in [0.29, 0.717) is 11.3 Å². The van der Waals surface area contributed by atoms with Gasteiger partial charge in [-0.2, -0.15) is 0 Å². The molecule has 2 aromatic rings. The molecule has 90 valence electrons. The zero-order chi connectivity index (χ0) is 12.4. The van der Waals surface area contributed by atoms with Gasteiger partial charge in [-0.25, -0.2) is 13.2 Å². The van der Waals surface area contributed by atoms with Crippen LogP contribution in [0.5, 0.6) is 0 Å². The lowest BCUT2D eigenvalue weighted by Gasteiger charge is -2.05. The van der Waals surface area contributed by atoms with Crippen molar-refractivity contribution in [1.29, 1.82) is 0 Å². The molecule has 1 aromatic carbocycles. The highest BCUT2D eigenvalue weighted by Gasteiger charge is 2.22. The van der Waals surface area contributed by atoms with E-state index in [4.69, 9.17) is 9.52 Å². The molecule has 1 aromatic heterocycles. The van der Waals surface area contributed by atoms with E-state index in [-0.39, 0.29) is 5.76 Å². The minimum absolute atomic E-state index is 0.209. The van der Waals surface area contributed by atoms with Crippen LogP contribution in [0.4, 0.5) is 13.2 Å². The minimum atomic E-state index is -2.90. The van der Waals surface area contributed by atoms with E-state index in [0.717, 1.165) is 0 Å². The average Bonchev–Trinajstić information content (AvgIpc) is 2.78. The second-order valence-corrected chi connectivity index (χ2v) is 3.49. The monoisotopic (exact) mass is 242 g/mol. The summed E-state index contributed by atoms with van der Waals surface area (Å²) >= 11 is 0. The van der Waals surface area contributed by atoms with E-state index in [1.165, 1.54) is 36.4 Å². The number of halogens is 3. The zero-order valence-electron chi connectivity index (χ0n) is 8.61. The summed E-state index contributed by atoms with van der Waals surface area (Å²) in [6, 6.07) is 8.13. The summed E-state index contributed by atoms with van der Waals surface area (Å²) in [6.45, 7) is 0. The Bertz CT molecular complexity index is 491. The van der Waals surface area contributed by atoms with Crippen LogP contribution in [0.25, 0.3) is 11.3 Å². The first-order chi connectivity index (χ1) is 8.08. The predicted molar refractivity (Wildman–Crippen MR) is 55.1 cm³/mol. The molecular formula is C12H9F3O2. The van der Waals surface area contributed by atoms with Crippen LogP contribution in [-0.2, 0) is 0 Å². The zero-order valence-corrected chi connectivity index (χ0v) is 8.61. The number of aliphatic hydroxyl groups excluding tert-OH is 1. The fraction of sp³-hybridized carbons (Fsp3) is 0.167. The minimum Gasteiger partial charge on any atom is -0.458 e. The van der Waals surface area contributed by atoms with Crippen molar-refractivity contribution in [2.45, 2.75) is 12.5 Å². The Morgan fingerprint density at radius 3 is 2.24 bits per heavy atom. The molecule has 0 saturated carbocycles. The molecule has 0 spiro atoms. The Morgan fingerprint density at radius 1 is 1.00 bits per heavy atom. The highest BCUT2D eigenvalue weighted by Crippen LogP contribution is 2.28. The molecular weight excluding hydrogens is 233 g/mol. The number of benzene rings is 1. The lowest BCUT2D eigenvalue weighted by atomic mass is 10.2. The van der Waals surface area contributed by atoms with Gasteiger partial charge in [-0.15, -0.1) is 0 Å². The normalized spacial score (nSPS) is 13.0. The van der Waals surface area contributed by atoms with Crippen molar-refractivity contribution in [3.8, 4) is 11.3 Å². The van der Waals surface area contributed by atoms with Crippen molar-refractivity contribution >= 4 is 0 Å². The number of furan rings is 1. The van der Waals surface area contributed by atoms with Gasteiger partial charge < -0.3 is 9.52 Å². The van der Waals surface area contributed by atoms with Gasteiger partial charge in [-0.05, 0) is 36.4 Å². The number of hydrogen-bond donors (Lipinski definition) is 1. The molecule has 0 saturated heterocycles. The van der Waals surface area contributed by atoms with Crippen LogP contribution in [0.3, 0.4) is 0 Å². The summed E-state index contributed by atoms with van der Waals surface area (Å²) in [6.07, 6.45) is -4.84. The molecule has 1 heterocycles. The highest BCUT2D eigenvalue weighted by molar-refractivity contribution is 5.57. The Kier molecular flexibility index (Phi) is 3.19. The lowest BCUT2D eigenvalue weighted by molar-refractivity contribution is -0.0173. The topological polar surface area (TPSA) is 33.4 Å². The summed E-state index contributed by atoms with van der Waals surface area (Å²) in [5.74, 6) is -0.299. The second-order valence-electron chi connectivity index (χ2n) is 3.49. The van der Waals surface area contributed by atoms with Crippen molar-refractivity contribution in [2.24, 2.45) is 0 Å². The maximum absolute atomic E-state index is 12.7. The average molecular weight is 242 g/mol. The Balaban J connectivity index is 2.26. The molecule has 0 aliphatic carbocycles. The third-order valence-electron chi connectivity index (χ3n) is 2.29. The summed E-state index contributed by atoms with van der Waals surface area (Å²) in [5, 5.41) is 9.10. The summed E-state index contributed by atoms with van der Waals surface area (Å²) in [7, 11) is 0. The van der Waals surface area contributed by atoms with E-state index in [1.54, 1.807) is 0 Å². The van der Waals surface area contributed by atoms with Crippen LogP contribution >= 0.6 is 0 Å². The molecule has 0 fully saturated rings. The van der Waals surface area contributed by atoms with Crippen molar-refractivity contribution in [3.05, 3.63) is 48.0 Å². The van der Waals surface area contributed by atoms with E-state index in [2.05, 4.69) is 0 Å². The van der Waals surface area contributed by atoms with Gasteiger partial charge in [0, 0.05) is 5.56 Å². The Morgan fingerprint density at radius 2 is 1.65 bits per heavy atom. The van der Waals surface area contributed by atoms with E-state index >= 15 is 0 Å². The summed E-state index contributed by atoms with van der Waals surface area (Å²) < 4.78 is 42.2. The fourth-order valence-electron chi connectivity index (χ4n) is 1.41. The van der Waals surface area contributed by atoms with Crippen LogP contribution in [-0.4, -0.2) is 11.5 Å². The SMILES string of the molecule is OC(c1ccc(-c2ccc(F)cc2)o1)C(F)F. The lowest BCUT2D eigenvalue weighted by Crippen LogP contribution is -2.06. The predicted octanol–water partition coefficient (Wildman–Crippen LogP) is 3.38. The van der Waals surface area contributed by atoms with Crippen molar-refractivity contribution < 1.29 is 22.7 Å². The van der Waals surface area contributed by atoms with Crippen LogP contribution in [0, 0.1) is 5.82 Å². The largest absolute Gasteiger partial charge is 0.458 e. The van der Waals surface area contributed by atoms with Crippen molar-refractivity contribution in [1.82, 2.24) is 0 Å². The summed E-state index contributed by atoms with van der Waals surface area (Å²) in [4.78, 5) is 0. The van der Waals surface area contributed by atoms with E-state index < -0.39 is 18.3 Å². The molecule has 1 atom stereocenters. The number of hydrogen-bond acceptors (Lipinski definition) is 2. The maximum Gasteiger partial charge on any atom is 0.271 e. The highest BCUT2D eigenvalue weighted by atomic mass is 19.3. The fourth-order valence-corrected chi connectivity index (χ4v) is 1.41. The molecule has 0 radical (unpaired) electrons. The van der Waals surface area contributed by atoms with Crippen molar-refractivity contribution in [2.75, 3.05) is 0 Å². The van der Waals surface area contributed by atoms with Gasteiger partial charge in [0.2, 0.25) is 0 Å². The molecule has 5 heteroatoms. The third kappa shape index (κ3) is 2.50. The van der Waals surface area contributed by atoms with Gasteiger partial charge in [0.1, 0.15) is 17.3 Å². The standard InChI is InChI=1S/C12H9F3O2/c13-8-3-1-7(2-4-8)9-5-6-10(17-9)11(16)12(14)15/h1-6,11-12,16H. The number of rotatable bonds is 3. The van der Waals surface area contributed by atoms with Gasteiger partial charge in [-0.3, -0.25) is 0 Å². The van der Waals surface area contributed by atoms with E-state index in [1.807, 2.05) is 0 Å². The molecule has 1 unspecified atom stereocenters. The first-order valence-corrected chi connectivity index (χ1v) is 4.90. The van der Waals surface area contributed by atoms with Crippen LogP contribution in [0.1, 0.15) is 11.9 Å². The molecule has 0 bridgehead atoms. The number of alkyl halides is 2. The number of aliphatic hydroxyl groups is 1. The van der Waals surface area contributed by atoms with Crippen LogP contribution in [0.2, 0.25) is 0 Å². The van der Waals surface area contributed by atoms with Gasteiger partial charge in [-0.1, -0.05) is 0 Å². The summed E-state index contributed by atoms with van der Waals surface area (Å²) in [5.41, 5.74) is 0.555. The van der Waals surface area contributed by atoms with Crippen molar-refractivity contribution in [3.63, 3.8) is 0 Å². The molecule has 2 nitrogen and oxygen atoms in total. The van der Waals surface area contributed by atoms with Crippen LogP contribution < -0.4 is 0 Å². The van der Waals surface area contributed by atoms with E-state index in [9.17, 15) is 13.2 Å². The second kappa shape index (κ2) is 4.63. The molecule has 0 amide bonds. The molecule has 2 rings (SSSR count).